The fourth-order valence-electron chi connectivity index (χ4n) is 4.35. The zero-order valence-corrected chi connectivity index (χ0v) is 17.5. The van der Waals surface area contributed by atoms with Crippen LogP contribution >= 0.6 is 0 Å². The molecule has 2 aliphatic heterocycles. The van der Waals surface area contributed by atoms with Crippen molar-refractivity contribution in [1.82, 2.24) is 9.80 Å². The molecule has 1 N–H and O–H groups in total. The molecule has 4 rings (SSSR count). The second kappa shape index (κ2) is 9.47. The van der Waals surface area contributed by atoms with Gasteiger partial charge in [0.15, 0.2) is 11.6 Å². The first-order chi connectivity index (χ1) is 14.6. The lowest BCUT2D eigenvalue weighted by Gasteiger charge is -2.41. The van der Waals surface area contributed by atoms with E-state index < -0.39 is 0 Å². The first-order valence-corrected chi connectivity index (χ1v) is 10.9. The normalized spacial score (nSPS) is 18.9. The van der Waals surface area contributed by atoms with Crippen LogP contribution in [0.25, 0.3) is 0 Å². The Morgan fingerprint density at radius 3 is 2.30 bits per heavy atom. The topological polar surface area (TPSA) is 44.8 Å². The van der Waals surface area contributed by atoms with E-state index in [4.69, 9.17) is 4.74 Å². The van der Waals surface area contributed by atoms with Gasteiger partial charge in [-0.3, -0.25) is 4.90 Å². The van der Waals surface area contributed by atoms with E-state index in [0.29, 0.717) is 11.8 Å². The molecular weight excluding hydrogens is 381 g/mol. The number of rotatable bonds is 4. The van der Waals surface area contributed by atoms with Gasteiger partial charge in [-0.1, -0.05) is 29.8 Å². The molecule has 5 nitrogen and oxygen atoms in total. The molecular formula is C24H30FN3O2. The molecule has 2 aromatic rings. The van der Waals surface area contributed by atoms with E-state index >= 15 is 0 Å². The van der Waals surface area contributed by atoms with Crippen molar-refractivity contribution in [3.8, 4) is 5.75 Å². The maximum absolute atomic E-state index is 13.8. The van der Waals surface area contributed by atoms with Gasteiger partial charge in [0.1, 0.15) is 6.10 Å². The maximum atomic E-state index is 13.8. The first-order valence-electron chi connectivity index (χ1n) is 10.9. The van der Waals surface area contributed by atoms with Gasteiger partial charge in [-0.2, -0.15) is 0 Å². The minimum Gasteiger partial charge on any atom is -0.487 e. The number of nitrogens with zero attached hydrogens (tertiary/aromatic N) is 2. The minimum atomic E-state index is -0.295. The molecule has 2 aromatic carbocycles. The summed E-state index contributed by atoms with van der Waals surface area (Å²) in [5.74, 6) is 0.0556. The lowest BCUT2D eigenvalue weighted by molar-refractivity contribution is 0.0529. The van der Waals surface area contributed by atoms with Crippen molar-refractivity contribution in [2.45, 2.75) is 44.8 Å². The zero-order valence-electron chi connectivity index (χ0n) is 17.5. The Morgan fingerprint density at radius 1 is 0.967 bits per heavy atom. The molecule has 2 heterocycles. The number of hydrogen-bond acceptors (Lipinski definition) is 3. The third-order valence-electron chi connectivity index (χ3n) is 6.18. The Kier molecular flexibility index (Phi) is 6.53. The summed E-state index contributed by atoms with van der Waals surface area (Å²) in [6.07, 6.45) is 3.85. The fraction of sp³-hybridized carbons (Fsp3) is 0.458. The van der Waals surface area contributed by atoms with Gasteiger partial charge in [-0.25, -0.2) is 9.18 Å². The van der Waals surface area contributed by atoms with Gasteiger partial charge in [-0.05, 0) is 56.9 Å². The number of anilines is 1. The summed E-state index contributed by atoms with van der Waals surface area (Å²) >= 11 is 0. The lowest BCUT2D eigenvalue weighted by atomic mass is 9.99. The van der Waals surface area contributed by atoms with Crippen molar-refractivity contribution >= 4 is 11.7 Å². The molecule has 6 heteroatoms. The molecule has 2 saturated heterocycles. The second-order valence-corrected chi connectivity index (χ2v) is 8.30. The van der Waals surface area contributed by atoms with Gasteiger partial charge in [0.2, 0.25) is 0 Å². The number of halogens is 1. The average Bonchev–Trinajstić information content (AvgIpc) is 2.77. The average molecular weight is 412 g/mol. The largest absolute Gasteiger partial charge is 0.487 e. The molecule has 0 spiro atoms. The SMILES string of the molecule is Cc1ccc(NC(=O)N2CCC(N3CCC(Oc4ccccc4F)CC3)CC2)cc1. The number of hydrogen-bond donors (Lipinski definition) is 1. The maximum Gasteiger partial charge on any atom is 0.321 e. The van der Waals surface area contributed by atoms with Crippen molar-refractivity contribution in [2.75, 3.05) is 31.5 Å². The Balaban J connectivity index is 1.21. The Labute approximate surface area is 177 Å². The third-order valence-corrected chi connectivity index (χ3v) is 6.18. The highest BCUT2D eigenvalue weighted by Gasteiger charge is 2.30. The van der Waals surface area contributed by atoms with Gasteiger partial charge in [-0.15, -0.1) is 0 Å². The number of ether oxygens (including phenoxy) is 1. The standard InChI is InChI=1S/C24H30FN3O2/c1-18-6-8-19(9-7-18)26-24(29)28-14-10-20(11-15-28)27-16-12-21(13-17-27)30-23-5-3-2-4-22(23)25/h2-9,20-21H,10-17H2,1H3,(H,26,29). The summed E-state index contributed by atoms with van der Waals surface area (Å²) in [4.78, 5) is 17.0. The number of carbonyl (C=O) groups is 1. The zero-order chi connectivity index (χ0) is 20.9. The lowest BCUT2D eigenvalue weighted by Crippen LogP contribution is -2.50. The number of benzene rings is 2. The number of likely N-dealkylation sites (tertiary alicyclic amines) is 2. The molecule has 0 aliphatic carbocycles. The van der Waals surface area contributed by atoms with E-state index in [9.17, 15) is 9.18 Å². The van der Waals surface area contributed by atoms with Crippen molar-refractivity contribution in [3.63, 3.8) is 0 Å². The minimum absolute atomic E-state index is 0.0192. The number of nitrogens with one attached hydrogen (secondary N) is 1. The van der Waals surface area contributed by atoms with Crippen molar-refractivity contribution in [3.05, 3.63) is 59.9 Å². The van der Waals surface area contributed by atoms with Gasteiger partial charge in [0.05, 0.1) is 0 Å². The molecule has 2 amide bonds. The molecule has 0 bridgehead atoms. The number of amides is 2. The van der Waals surface area contributed by atoms with Gasteiger partial charge >= 0.3 is 6.03 Å². The molecule has 0 unspecified atom stereocenters. The Hall–Kier alpha value is -2.60. The summed E-state index contributed by atoms with van der Waals surface area (Å²) < 4.78 is 19.7. The van der Waals surface area contributed by atoms with Crippen LogP contribution in [-0.2, 0) is 0 Å². The van der Waals surface area contributed by atoms with E-state index in [1.807, 2.05) is 36.1 Å². The summed E-state index contributed by atoms with van der Waals surface area (Å²) in [5.41, 5.74) is 2.02. The van der Waals surface area contributed by atoms with E-state index in [-0.39, 0.29) is 18.0 Å². The molecule has 0 aromatic heterocycles. The highest BCUT2D eigenvalue weighted by Crippen LogP contribution is 2.25. The summed E-state index contributed by atoms with van der Waals surface area (Å²) in [6, 6.07) is 15.0. The predicted molar refractivity (Wildman–Crippen MR) is 116 cm³/mol. The number of carbonyl (C=O) groups excluding carboxylic acids is 1. The van der Waals surface area contributed by atoms with Gasteiger partial charge in [0.25, 0.3) is 0 Å². The van der Waals surface area contributed by atoms with E-state index in [1.54, 1.807) is 18.2 Å². The summed E-state index contributed by atoms with van der Waals surface area (Å²) in [6.45, 7) is 5.49. The third kappa shape index (κ3) is 5.11. The quantitative estimate of drug-likeness (QED) is 0.795. The highest BCUT2D eigenvalue weighted by molar-refractivity contribution is 5.89. The smallest absolute Gasteiger partial charge is 0.321 e. The molecule has 2 fully saturated rings. The van der Waals surface area contributed by atoms with Crippen LogP contribution in [0, 0.1) is 12.7 Å². The summed E-state index contributed by atoms with van der Waals surface area (Å²) in [5, 5.41) is 2.99. The molecule has 0 radical (unpaired) electrons. The first kappa shape index (κ1) is 20.7. The van der Waals surface area contributed by atoms with E-state index in [1.165, 1.54) is 11.6 Å². The van der Waals surface area contributed by atoms with Crippen LogP contribution < -0.4 is 10.1 Å². The second-order valence-electron chi connectivity index (χ2n) is 8.30. The van der Waals surface area contributed by atoms with Crippen molar-refractivity contribution in [1.29, 1.82) is 0 Å². The van der Waals surface area contributed by atoms with Crippen molar-refractivity contribution in [2.24, 2.45) is 0 Å². The molecule has 30 heavy (non-hydrogen) atoms. The number of para-hydroxylation sites is 1. The number of piperidine rings is 2. The molecule has 0 atom stereocenters. The van der Waals surface area contributed by atoms with E-state index in [2.05, 4.69) is 10.2 Å². The molecule has 160 valence electrons. The van der Waals surface area contributed by atoms with E-state index in [0.717, 1.165) is 57.5 Å². The Morgan fingerprint density at radius 2 is 1.63 bits per heavy atom. The van der Waals surface area contributed by atoms with Crippen LogP contribution in [0.5, 0.6) is 5.75 Å². The van der Waals surface area contributed by atoms with Gasteiger partial charge in [0, 0.05) is 37.9 Å². The van der Waals surface area contributed by atoms with Crippen LogP contribution in [0.2, 0.25) is 0 Å². The van der Waals surface area contributed by atoms with Crippen LogP contribution in [-0.4, -0.2) is 54.2 Å². The number of urea groups is 1. The van der Waals surface area contributed by atoms with Crippen LogP contribution in [0.15, 0.2) is 48.5 Å². The summed E-state index contributed by atoms with van der Waals surface area (Å²) in [7, 11) is 0. The van der Waals surface area contributed by atoms with Crippen LogP contribution in [0.4, 0.5) is 14.9 Å². The van der Waals surface area contributed by atoms with Crippen LogP contribution in [0.3, 0.4) is 0 Å². The Bertz CT molecular complexity index is 842. The highest BCUT2D eigenvalue weighted by atomic mass is 19.1. The molecule has 2 aliphatic rings. The predicted octanol–water partition coefficient (Wildman–Crippen LogP) is 4.67. The number of aryl methyl sites for hydroxylation is 1. The van der Waals surface area contributed by atoms with Gasteiger partial charge < -0.3 is 15.0 Å². The van der Waals surface area contributed by atoms with Crippen LogP contribution in [0.1, 0.15) is 31.2 Å². The van der Waals surface area contributed by atoms with Crippen molar-refractivity contribution < 1.29 is 13.9 Å². The molecule has 0 saturated carbocycles. The fourth-order valence-corrected chi connectivity index (χ4v) is 4.35. The monoisotopic (exact) mass is 411 g/mol.